The summed E-state index contributed by atoms with van der Waals surface area (Å²) in [6, 6.07) is 14.0. The van der Waals surface area contributed by atoms with Crippen LogP contribution in [-0.4, -0.2) is 44.9 Å². The van der Waals surface area contributed by atoms with Crippen molar-refractivity contribution in [2.24, 2.45) is 0 Å². The quantitative estimate of drug-likeness (QED) is 0.513. The molecule has 1 aliphatic rings. The first kappa shape index (κ1) is 20.4. The van der Waals surface area contributed by atoms with E-state index in [1.165, 1.54) is 12.1 Å². The summed E-state index contributed by atoms with van der Waals surface area (Å²) in [7, 11) is 0. The monoisotopic (exact) mass is 433 g/mol. The third-order valence-electron chi connectivity index (χ3n) is 5.81. The number of aromatic nitrogens is 4. The number of fused-ring (bicyclic) bond motifs is 1. The van der Waals surface area contributed by atoms with Crippen LogP contribution >= 0.6 is 0 Å². The van der Waals surface area contributed by atoms with E-state index in [0.29, 0.717) is 22.9 Å². The molecule has 0 radical (unpaired) electrons. The molecule has 5 rings (SSSR count). The van der Waals surface area contributed by atoms with Crippen molar-refractivity contribution >= 4 is 17.1 Å². The van der Waals surface area contributed by atoms with Crippen LogP contribution in [0.4, 0.5) is 9.18 Å². The Morgan fingerprint density at radius 1 is 1.19 bits per heavy atom. The van der Waals surface area contributed by atoms with Crippen LogP contribution in [0.1, 0.15) is 31.5 Å². The van der Waals surface area contributed by atoms with Crippen molar-refractivity contribution in [2.75, 3.05) is 19.7 Å². The zero-order valence-electron chi connectivity index (χ0n) is 17.8. The van der Waals surface area contributed by atoms with Crippen molar-refractivity contribution < 1.29 is 13.9 Å². The highest BCUT2D eigenvalue weighted by atomic mass is 19.1. The minimum absolute atomic E-state index is 0.0801. The zero-order valence-corrected chi connectivity index (χ0v) is 17.8. The van der Waals surface area contributed by atoms with Crippen LogP contribution in [0, 0.1) is 5.82 Å². The van der Waals surface area contributed by atoms with Crippen molar-refractivity contribution in [3.05, 3.63) is 66.5 Å². The summed E-state index contributed by atoms with van der Waals surface area (Å²) < 4.78 is 23.0. The first-order chi connectivity index (χ1) is 15.7. The summed E-state index contributed by atoms with van der Waals surface area (Å²) in [4.78, 5) is 22.7. The SMILES string of the molecule is CCOC(=O)n1c(C2CCNCC2)nc(-c2cccc(F)c2)c1-n1cnc2ccccc21. The van der Waals surface area contributed by atoms with Gasteiger partial charge in [-0.1, -0.05) is 24.3 Å². The Hall–Kier alpha value is -3.52. The maximum Gasteiger partial charge on any atom is 0.421 e. The maximum absolute atomic E-state index is 14.2. The number of para-hydroxylation sites is 2. The molecule has 1 fully saturated rings. The molecule has 2 aromatic heterocycles. The number of imidazole rings is 2. The van der Waals surface area contributed by atoms with Gasteiger partial charge in [-0.05, 0) is 57.1 Å². The summed E-state index contributed by atoms with van der Waals surface area (Å²) >= 11 is 0. The molecule has 0 aliphatic carbocycles. The van der Waals surface area contributed by atoms with E-state index in [4.69, 9.17) is 9.72 Å². The molecule has 1 aliphatic heterocycles. The number of hydrogen-bond acceptors (Lipinski definition) is 5. The van der Waals surface area contributed by atoms with Crippen LogP contribution in [0.2, 0.25) is 0 Å². The molecule has 1 saturated heterocycles. The first-order valence-electron chi connectivity index (χ1n) is 10.9. The lowest BCUT2D eigenvalue weighted by atomic mass is 9.97. The molecule has 164 valence electrons. The number of benzene rings is 2. The molecule has 0 atom stereocenters. The average molecular weight is 433 g/mol. The van der Waals surface area contributed by atoms with Crippen LogP contribution in [-0.2, 0) is 4.74 Å². The van der Waals surface area contributed by atoms with Crippen LogP contribution in [0.15, 0.2) is 54.9 Å². The van der Waals surface area contributed by atoms with Gasteiger partial charge >= 0.3 is 6.09 Å². The number of hydrogen-bond donors (Lipinski definition) is 1. The molecule has 0 bridgehead atoms. The second-order valence-corrected chi connectivity index (χ2v) is 7.81. The lowest BCUT2D eigenvalue weighted by Crippen LogP contribution is -2.29. The second-order valence-electron chi connectivity index (χ2n) is 7.81. The molecule has 3 heterocycles. The molecule has 7 nitrogen and oxygen atoms in total. The lowest BCUT2D eigenvalue weighted by Gasteiger charge is -2.22. The van der Waals surface area contributed by atoms with Gasteiger partial charge in [0.2, 0.25) is 0 Å². The molecule has 8 heteroatoms. The van der Waals surface area contributed by atoms with Gasteiger partial charge in [0.05, 0.1) is 17.6 Å². The molecule has 0 spiro atoms. The van der Waals surface area contributed by atoms with Crippen LogP contribution < -0.4 is 5.32 Å². The number of halogens is 1. The minimum atomic E-state index is -0.496. The fourth-order valence-corrected chi connectivity index (χ4v) is 4.33. The minimum Gasteiger partial charge on any atom is -0.449 e. The maximum atomic E-state index is 14.2. The summed E-state index contributed by atoms with van der Waals surface area (Å²) in [5.41, 5.74) is 2.73. The van der Waals surface area contributed by atoms with Crippen molar-refractivity contribution in [3.63, 3.8) is 0 Å². The molecular weight excluding hydrogens is 409 g/mol. The van der Waals surface area contributed by atoms with Gasteiger partial charge in [0, 0.05) is 11.5 Å². The average Bonchev–Trinajstić information content (AvgIpc) is 3.41. The topological polar surface area (TPSA) is 74.0 Å². The van der Waals surface area contributed by atoms with Gasteiger partial charge in [0.1, 0.15) is 23.7 Å². The molecule has 1 N–H and O–H groups in total. The number of piperidine rings is 1. The number of rotatable bonds is 4. The van der Waals surface area contributed by atoms with Crippen LogP contribution in [0.5, 0.6) is 0 Å². The standard InChI is InChI=1S/C24H24FN5O2/c1-2-32-24(31)30-22(16-10-12-26-13-11-16)28-21(17-6-5-7-18(25)14-17)23(30)29-15-27-19-8-3-4-9-20(19)29/h3-9,14-16,26H,2,10-13H2,1H3. The molecule has 0 saturated carbocycles. The first-order valence-corrected chi connectivity index (χ1v) is 10.9. The third kappa shape index (κ3) is 3.56. The Morgan fingerprint density at radius 2 is 2.00 bits per heavy atom. The Bertz CT molecular complexity index is 1270. The molecule has 2 aromatic carbocycles. The van der Waals surface area contributed by atoms with Gasteiger partial charge in [-0.3, -0.25) is 4.57 Å². The van der Waals surface area contributed by atoms with Crippen LogP contribution in [0.3, 0.4) is 0 Å². The van der Waals surface area contributed by atoms with E-state index in [1.807, 2.05) is 28.8 Å². The molecule has 4 aromatic rings. The molecular formula is C24H24FN5O2. The van der Waals surface area contributed by atoms with Gasteiger partial charge in [-0.2, -0.15) is 0 Å². The molecule has 0 unspecified atom stereocenters. The molecule has 32 heavy (non-hydrogen) atoms. The summed E-state index contributed by atoms with van der Waals surface area (Å²) in [6.07, 6.45) is 2.88. The van der Waals surface area contributed by atoms with Gasteiger partial charge < -0.3 is 10.1 Å². The number of nitrogens with zero attached hydrogens (tertiary/aromatic N) is 4. The Balaban J connectivity index is 1.82. The third-order valence-corrected chi connectivity index (χ3v) is 5.81. The van der Waals surface area contributed by atoms with Crippen molar-refractivity contribution in [1.82, 2.24) is 24.4 Å². The van der Waals surface area contributed by atoms with E-state index >= 15 is 0 Å². The van der Waals surface area contributed by atoms with Crippen molar-refractivity contribution in [1.29, 1.82) is 0 Å². The Morgan fingerprint density at radius 3 is 2.78 bits per heavy atom. The number of carbonyl (C=O) groups excluding carboxylic acids is 1. The number of ether oxygens (including phenoxy) is 1. The van der Waals surface area contributed by atoms with E-state index in [0.717, 1.165) is 37.0 Å². The summed E-state index contributed by atoms with van der Waals surface area (Å²) in [6.45, 7) is 3.71. The highest BCUT2D eigenvalue weighted by Gasteiger charge is 2.31. The lowest BCUT2D eigenvalue weighted by molar-refractivity contribution is 0.152. The van der Waals surface area contributed by atoms with Crippen LogP contribution in [0.25, 0.3) is 28.1 Å². The predicted molar refractivity (Wildman–Crippen MR) is 120 cm³/mol. The van der Waals surface area contributed by atoms with Gasteiger partial charge in [0.25, 0.3) is 0 Å². The van der Waals surface area contributed by atoms with E-state index in [2.05, 4.69) is 10.3 Å². The molecule has 0 amide bonds. The normalized spacial score (nSPS) is 14.7. The Kier molecular flexibility index (Phi) is 5.45. The van der Waals surface area contributed by atoms with Crippen molar-refractivity contribution in [2.45, 2.75) is 25.7 Å². The van der Waals surface area contributed by atoms with E-state index in [1.54, 1.807) is 30.0 Å². The Labute approximate surface area is 184 Å². The fraction of sp³-hybridized carbons (Fsp3) is 0.292. The van der Waals surface area contributed by atoms with E-state index in [-0.39, 0.29) is 18.3 Å². The van der Waals surface area contributed by atoms with E-state index in [9.17, 15) is 9.18 Å². The van der Waals surface area contributed by atoms with Gasteiger partial charge in [-0.15, -0.1) is 0 Å². The zero-order chi connectivity index (χ0) is 22.1. The highest BCUT2D eigenvalue weighted by Crippen LogP contribution is 2.35. The van der Waals surface area contributed by atoms with E-state index < -0.39 is 6.09 Å². The summed E-state index contributed by atoms with van der Waals surface area (Å²) in [5.74, 6) is 0.864. The van der Waals surface area contributed by atoms with Gasteiger partial charge in [-0.25, -0.2) is 23.7 Å². The number of carbonyl (C=O) groups is 1. The second kappa shape index (κ2) is 8.55. The smallest absolute Gasteiger partial charge is 0.421 e. The highest BCUT2D eigenvalue weighted by molar-refractivity contribution is 5.84. The predicted octanol–water partition coefficient (Wildman–Crippen LogP) is 4.50. The van der Waals surface area contributed by atoms with Crippen molar-refractivity contribution in [3.8, 4) is 17.1 Å². The van der Waals surface area contributed by atoms with Gasteiger partial charge in [0.15, 0.2) is 5.82 Å². The number of nitrogens with one attached hydrogen (secondary N) is 1. The summed E-state index contributed by atoms with van der Waals surface area (Å²) in [5, 5.41) is 3.35. The largest absolute Gasteiger partial charge is 0.449 e. The fourth-order valence-electron chi connectivity index (χ4n) is 4.33.